The van der Waals surface area contributed by atoms with Crippen LogP contribution in [-0.2, 0) is 14.8 Å². The molecule has 136 valence electrons. The van der Waals surface area contributed by atoms with Crippen molar-refractivity contribution in [2.24, 2.45) is 0 Å². The molecule has 3 rings (SSSR count). The lowest BCUT2D eigenvalue weighted by atomic mass is 10.2. The van der Waals surface area contributed by atoms with E-state index < -0.39 is 16.1 Å². The van der Waals surface area contributed by atoms with Gasteiger partial charge in [0.25, 0.3) is 10.0 Å². The molecule has 2 aromatic heterocycles. The van der Waals surface area contributed by atoms with E-state index in [1.807, 2.05) is 20.8 Å². The minimum Gasteiger partial charge on any atom is -0.442 e. The summed E-state index contributed by atoms with van der Waals surface area (Å²) in [6.07, 6.45) is 1.01. The smallest absolute Gasteiger partial charge is 0.274 e. The number of hydrogen-bond acceptors (Lipinski definition) is 5. The number of H-pyrrole nitrogens is 1. The second-order valence-corrected chi connectivity index (χ2v) is 7.95. The van der Waals surface area contributed by atoms with Crippen LogP contribution in [0.1, 0.15) is 31.0 Å². The number of carbonyl (C=O) groups is 1. The predicted molar refractivity (Wildman–Crippen MR) is 91.4 cm³/mol. The highest BCUT2D eigenvalue weighted by molar-refractivity contribution is 7.89. The molecule has 1 fully saturated rings. The van der Waals surface area contributed by atoms with E-state index in [4.69, 9.17) is 4.42 Å². The maximum absolute atomic E-state index is 12.5. The van der Waals surface area contributed by atoms with Crippen molar-refractivity contribution >= 4 is 15.9 Å². The minimum absolute atomic E-state index is 0.0303. The number of sulfonamides is 1. The number of furan rings is 1. The summed E-state index contributed by atoms with van der Waals surface area (Å²) < 4.78 is 33.1. The van der Waals surface area contributed by atoms with E-state index in [9.17, 15) is 13.2 Å². The van der Waals surface area contributed by atoms with E-state index >= 15 is 0 Å². The average molecular weight is 366 g/mol. The quantitative estimate of drug-likeness (QED) is 0.807. The molecule has 1 amide bonds. The fourth-order valence-corrected chi connectivity index (χ4v) is 4.09. The number of aromatic nitrogens is 2. The van der Waals surface area contributed by atoms with Crippen molar-refractivity contribution in [2.45, 2.75) is 44.7 Å². The van der Waals surface area contributed by atoms with Gasteiger partial charge in [-0.1, -0.05) is 6.92 Å². The van der Waals surface area contributed by atoms with Crippen LogP contribution in [0.15, 0.2) is 21.6 Å². The summed E-state index contributed by atoms with van der Waals surface area (Å²) in [7, 11) is -3.83. The van der Waals surface area contributed by atoms with Crippen LogP contribution in [0.25, 0.3) is 11.5 Å². The lowest BCUT2D eigenvalue weighted by Crippen LogP contribution is -2.37. The average Bonchev–Trinajstić information content (AvgIpc) is 3.22. The lowest BCUT2D eigenvalue weighted by Gasteiger charge is -2.15. The van der Waals surface area contributed by atoms with Crippen molar-refractivity contribution in [3.63, 3.8) is 0 Å². The molecule has 0 aromatic carbocycles. The first-order chi connectivity index (χ1) is 11.8. The number of amides is 1. The molecular weight excluding hydrogens is 344 g/mol. The van der Waals surface area contributed by atoms with Crippen LogP contribution in [0.2, 0.25) is 0 Å². The highest BCUT2D eigenvalue weighted by Crippen LogP contribution is 2.27. The highest BCUT2D eigenvalue weighted by atomic mass is 32.2. The zero-order valence-electron chi connectivity index (χ0n) is 14.5. The monoisotopic (exact) mass is 366 g/mol. The fraction of sp³-hybridized carbons (Fsp3) is 0.500. The van der Waals surface area contributed by atoms with Gasteiger partial charge in [-0.25, -0.2) is 13.1 Å². The van der Waals surface area contributed by atoms with Crippen LogP contribution in [0.5, 0.6) is 0 Å². The molecule has 3 heterocycles. The molecule has 0 spiro atoms. The Labute approximate surface area is 146 Å². The van der Waals surface area contributed by atoms with Crippen LogP contribution < -0.4 is 4.72 Å². The number of nitrogens with zero attached hydrogens (tertiary/aromatic N) is 2. The van der Waals surface area contributed by atoms with Crippen molar-refractivity contribution in [1.82, 2.24) is 19.8 Å². The van der Waals surface area contributed by atoms with Crippen molar-refractivity contribution in [1.29, 1.82) is 0 Å². The van der Waals surface area contributed by atoms with Crippen LogP contribution in [0, 0.1) is 13.8 Å². The minimum atomic E-state index is -3.83. The van der Waals surface area contributed by atoms with Gasteiger partial charge in [0, 0.05) is 36.8 Å². The van der Waals surface area contributed by atoms with Gasteiger partial charge in [-0.3, -0.25) is 9.89 Å². The van der Waals surface area contributed by atoms with Gasteiger partial charge in [-0.2, -0.15) is 5.10 Å². The number of carbonyl (C=O) groups excluding carboxylic acids is 1. The molecule has 0 aliphatic carbocycles. The van der Waals surface area contributed by atoms with Crippen LogP contribution in [-0.4, -0.2) is 48.6 Å². The molecule has 9 heteroatoms. The second kappa shape index (κ2) is 6.64. The number of aromatic amines is 1. The van der Waals surface area contributed by atoms with E-state index in [1.165, 1.54) is 6.07 Å². The number of aryl methyl sites for hydroxylation is 1. The summed E-state index contributed by atoms with van der Waals surface area (Å²) >= 11 is 0. The normalized spacial score (nSPS) is 18.3. The summed E-state index contributed by atoms with van der Waals surface area (Å²) in [6, 6.07) is 2.55. The first-order valence-electron chi connectivity index (χ1n) is 8.23. The van der Waals surface area contributed by atoms with E-state index in [2.05, 4.69) is 14.9 Å². The molecule has 1 atom stereocenters. The summed E-state index contributed by atoms with van der Waals surface area (Å²) in [5.74, 6) is 0.356. The van der Waals surface area contributed by atoms with Gasteiger partial charge in [-0.15, -0.1) is 0 Å². The van der Waals surface area contributed by atoms with Gasteiger partial charge in [0.2, 0.25) is 11.0 Å². The molecule has 1 saturated heterocycles. The van der Waals surface area contributed by atoms with E-state index in [1.54, 1.807) is 11.0 Å². The molecule has 0 bridgehead atoms. The van der Waals surface area contributed by atoms with Gasteiger partial charge in [0.1, 0.15) is 5.69 Å². The number of nitrogens with one attached hydrogen (secondary N) is 2. The fourth-order valence-electron chi connectivity index (χ4n) is 2.93. The summed E-state index contributed by atoms with van der Waals surface area (Å²) in [5, 5.41) is 6.81. The second-order valence-electron chi connectivity index (χ2n) is 6.30. The Morgan fingerprint density at radius 3 is 2.80 bits per heavy atom. The zero-order chi connectivity index (χ0) is 18.2. The predicted octanol–water partition coefficient (Wildman–Crippen LogP) is 1.58. The molecule has 1 unspecified atom stereocenters. The van der Waals surface area contributed by atoms with Gasteiger partial charge in [0.05, 0.1) is 0 Å². The highest BCUT2D eigenvalue weighted by Gasteiger charge is 2.33. The molecule has 2 aromatic rings. The molecule has 0 radical (unpaired) electrons. The van der Waals surface area contributed by atoms with Crippen molar-refractivity contribution < 1.29 is 17.6 Å². The van der Waals surface area contributed by atoms with Gasteiger partial charge < -0.3 is 9.32 Å². The van der Waals surface area contributed by atoms with Gasteiger partial charge >= 0.3 is 0 Å². The Balaban J connectivity index is 1.75. The molecule has 1 aliphatic heterocycles. The SMILES string of the molecule is CCCN1CC(NS(=O)(=O)c2ccc(-c3n[nH]c(C)c3C)o2)CC1=O. The Bertz CT molecular complexity index is 884. The van der Waals surface area contributed by atoms with Crippen LogP contribution in [0.3, 0.4) is 0 Å². The molecule has 1 aliphatic rings. The molecule has 2 N–H and O–H groups in total. The summed E-state index contributed by atoms with van der Waals surface area (Å²) in [6.45, 7) is 6.77. The van der Waals surface area contributed by atoms with Crippen LogP contribution >= 0.6 is 0 Å². The first-order valence-corrected chi connectivity index (χ1v) is 9.72. The van der Waals surface area contributed by atoms with E-state index in [0.717, 1.165) is 17.7 Å². The van der Waals surface area contributed by atoms with Crippen molar-refractivity contribution in [2.75, 3.05) is 13.1 Å². The molecular formula is C16H22N4O4S. The topological polar surface area (TPSA) is 108 Å². The Morgan fingerprint density at radius 2 is 2.16 bits per heavy atom. The maximum Gasteiger partial charge on any atom is 0.274 e. The Hall–Kier alpha value is -2.13. The van der Waals surface area contributed by atoms with Gasteiger partial charge in [-0.05, 0) is 32.4 Å². The molecule has 8 nitrogen and oxygen atoms in total. The van der Waals surface area contributed by atoms with E-state index in [0.29, 0.717) is 24.5 Å². The Kier molecular flexibility index (Phi) is 4.70. The summed E-state index contributed by atoms with van der Waals surface area (Å²) in [4.78, 5) is 13.6. The maximum atomic E-state index is 12.5. The number of hydrogen-bond donors (Lipinski definition) is 2. The van der Waals surface area contributed by atoms with Crippen molar-refractivity contribution in [3.05, 3.63) is 23.4 Å². The standard InChI is InChI=1S/C16H22N4O4S/c1-4-7-20-9-12(8-14(20)21)19-25(22,23)15-6-5-13(24-15)16-10(2)11(3)17-18-16/h5-6,12,19H,4,7-9H2,1-3H3,(H,17,18). The lowest BCUT2D eigenvalue weighted by molar-refractivity contribution is -0.127. The van der Waals surface area contributed by atoms with Crippen molar-refractivity contribution in [3.8, 4) is 11.5 Å². The third-order valence-electron chi connectivity index (χ3n) is 4.36. The first kappa shape index (κ1) is 17.7. The largest absolute Gasteiger partial charge is 0.442 e. The summed E-state index contributed by atoms with van der Waals surface area (Å²) in [5.41, 5.74) is 2.39. The van der Waals surface area contributed by atoms with E-state index in [-0.39, 0.29) is 17.4 Å². The third-order valence-corrected chi connectivity index (χ3v) is 5.76. The Morgan fingerprint density at radius 1 is 1.40 bits per heavy atom. The zero-order valence-corrected chi connectivity index (χ0v) is 15.3. The molecule has 25 heavy (non-hydrogen) atoms. The number of rotatable bonds is 6. The third kappa shape index (κ3) is 3.47. The van der Waals surface area contributed by atoms with Gasteiger partial charge in [0.15, 0.2) is 5.76 Å². The number of likely N-dealkylation sites (tertiary alicyclic amines) is 1. The van der Waals surface area contributed by atoms with Crippen LogP contribution in [0.4, 0.5) is 0 Å². The molecule has 0 saturated carbocycles.